The van der Waals surface area contributed by atoms with Crippen molar-refractivity contribution in [2.24, 2.45) is 5.41 Å². The second kappa shape index (κ2) is 13.5. The highest BCUT2D eigenvalue weighted by Gasteiger charge is 2.49. The van der Waals surface area contributed by atoms with Crippen LogP contribution in [0.2, 0.25) is 0 Å². The SMILES string of the molecule is CCC1(C(=O)Oc2ccc(-c3ccc(-c4onc(C)c4N(C(=O)OCc4cccc(CBr)c4)C(=O)OC(C)(C)C)cc3)cc2)CC1. The number of esters is 1. The largest absolute Gasteiger partial charge is 0.444 e. The molecule has 9 nitrogen and oxygen atoms in total. The number of anilines is 1. The van der Waals surface area contributed by atoms with Crippen molar-refractivity contribution in [3.8, 4) is 28.2 Å². The van der Waals surface area contributed by atoms with Gasteiger partial charge in [0, 0.05) is 10.9 Å². The lowest BCUT2D eigenvalue weighted by atomic mass is 10.0. The summed E-state index contributed by atoms with van der Waals surface area (Å²) in [5, 5.41) is 4.73. The monoisotopic (exact) mass is 688 g/mol. The minimum absolute atomic E-state index is 0.0508. The fraction of sp³-hybridized carbons (Fsp3) is 0.333. The topological polar surface area (TPSA) is 108 Å². The van der Waals surface area contributed by atoms with E-state index in [1.54, 1.807) is 39.8 Å². The van der Waals surface area contributed by atoms with Crippen LogP contribution in [0.4, 0.5) is 15.3 Å². The molecule has 0 bridgehead atoms. The second-order valence-corrected chi connectivity index (χ2v) is 13.0. The predicted molar refractivity (Wildman–Crippen MR) is 178 cm³/mol. The first kappa shape index (κ1) is 32.9. The molecule has 1 saturated carbocycles. The van der Waals surface area contributed by atoms with E-state index < -0.39 is 17.8 Å². The van der Waals surface area contributed by atoms with E-state index in [9.17, 15) is 14.4 Å². The molecule has 0 aliphatic heterocycles. The molecule has 46 heavy (non-hydrogen) atoms. The third kappa shape index (κ3) is 7.50. The minimum atomic E-state index is -0.921. The molecular formula is C36H37BrN2O7. The van der Waals surface area contributed by atoms with Gasteiger partial charge in [-0.3, -0.25) is 4.79 Å². The second-order valence-electron chi connectivity index (χ2n) is 12.4. The summed E-state index contributed by atoms with van der Waals surface area (Å²) in [4.78, 5) is 40.3. The molecule has 5 rings (SSSR count). The van der Waals surface area contributed by atoms with Gasteiger partial charge in [0.2, 0.25) is 0 Å². The number of rotatable bonds is 9. The van der Waals surface area contributed by atoms with E-state index >= 15 is 0 Å². The maximum atomic E-state index is 13.5. The molecule has 2 amide bonds. The Morgan fingerprint density at radius 1 is 0.913 bits per heavy atom. The predicted octanol–water partition coefficient (Wildman–Crippen LogP) is 9.39. The van der Waals surface area contributed by atoms with Gasteiger partial charge in [-0.15, -0.1) is 0 Å². The van der Waals surface area contributed by atoms with Gasteiger partial charge in [0.25, 0.3) is 0 Å². The summed E-state index contributed by atoms with van der Waals surface area (Å²) in [5.74, 6) is 0.551. The zero-order chi connectivity index (χ0) is 33.1. The molecule has 0 saturated heterocycles. The van der Waals surface area contributed by atoms with E-state index in [0.717, 1.165) is 46.4 Å². The molecule has 0 unspecified atom stereocenters. The van der Waals surface area contributed by atoms with Gasteiger partial charge >= 0.3 is 18.2 Å². The van der Waals surface area contributed by atoms with Crippen molar-refractivity contribution < 1.29 is 33.1 Å². The Balaban J connectivity index is 1.38. The van der Waals surface area contributed by atoms with Gasteiger partial charge in [0.1, 0.15) is 29.3 Å². The Hall–Kier alpha value is -4.44. The van der Waals surface area contributed by atoms with Crippen LogP contribution in [-0.2, 0) is 26.2 Å². The Labute approximate surface area is 276 Å². The number of halogens is 1. The highest BCUT2D eigenvalue weighted by molar-refractivity contribution is 9.08. The zero-order valence-electron chi connectivity index (χ0n) is 26.6. The van der Waals surface area contributed by atoms with Crippen LogP contribution in [0, 0.1) is 12.3 Å². The van der Waals surface area contributed by atoms with Crippen LogP contribution in [0.15, 0.2) is 77.3 Å². The van der Waals surface area contributed by atoms with E-state index in [1.807, 2.05) is 67.6 Å². The summed E-state index contributed by atoms with van der Waals surface area (Å²) in [6.45, 7) is 8.74. The number of imide groups is 1. The molecule has 1 heterocycles. The molecule has 1 fully saturated rings. The first-order valence-corrected chi connectivity index (χ1v) is 16.3. The van der Waals surface area contributed by atoms with E-state index in [4.69, 9.17) is 18.7 Å². The summed E-state index contributed by atoms with van der Waals surface area (Å²) in [6, 6.07) is 22.3. The maximum absolute atomic E-state index is 13.5. The highest BCUT2D eigenvalue weighted by Crippen LogP contribution is 2.49. The summed E-state index contributed by atoms with van der Waals surface area (Å²) in [5.41, 5.74) is 3.45. The lowest BCUT2D eigenvalue weighted by Crippen LogP contribution is -2.41. The molecule has 1 aromatic heterocycles. The van der Waals surface area contributed by atoms with Crippen molar-refractivity contribution in [3.63, 3.8) is 0 Å². The number of carbonyl (C=O) groups is 3. The molecule has 1 aliphatic rings. The number of hydrogen-bond acceptors (Lipinski definition) is 8. The molecule has 10 heteroatoms. The third-order valence-electron chi connectivity index (χ3n) is 7.83. The molecule has 240 valence electrons. The average molecular weight is 690 g/mol. The number of carbonyl (C=O) groups excluding carboxylic acids is 3. The number of benzene rings is 3. The number of alkyl halides is 1. The zero-order valence-corrected chi connectivity index (χ0v) is 28.2. The fourth-order valence-electron chi connectivity index (χ4n) is 4.99. The number of aromatic nitrogens is 1. The average Bonchev–Trinajstić information content (AvgIpc) is 3.76. The number of hydrogen-bond donors (Lipinski definition) is 0. The molecule has 0 radical (unpaired) electrons. The van der Waals surface area contributed by atoms with Gasteiger partial charge in [-0.2, -0.15) is 4.90 Å². The fourth-order valence-corrected chi connectivity index (χ4v) is 5.34. The van der Waals surface area contributed by atoms with E-state index in [2.05, 4.69) is 21.1 Å². The third-order valence-corrected chi connectivity index (χ3v) is 8.48. The van der Waals surface area contributed by atoms with Gasteiger partial charge in [-0.05, 0) is 81.3 Å². The molecule has 1 aliphatic carbocycles. The van der Waals surface area contributed by atoms with Crippen LogP contribution in [-0.4, -0.2) is 28.9 Å². The first-order chi connectivity index (χ1) is 21.9. The Kier molecular flexibility index (Phi) is 9.67. The van der Waals surface area contributed by atoms with Crippen LogP contribution in [0.5, 0.6) is 5.75 Å². The molecule has 4 aromatic rings. The van der Waals surface area contributed by atoms with Crippen molar-refractivity contribution in [2.75, 3.05) is 4.90 Å². The molecule has 3 aromatic carbocycles. The molecular weight excluding hydrogens is 652 g/mol. The van der Waals surface area contributed by atoms with Crippen molar-refractivity contribution in [1.82, 2.24) is 5.16 Å². The quantitative estimate of drug-likeness (QED) is 0.0972. The van der Waals surface area contributed by atoms with Gasteiger partial charge in [-0.1, -0.05) is 88.7 Å². The van der Waals surface area contributed by atoms with Crippen LogP contribution >= 0.6 is 15.9 Å². The Morgan fingerprint density at radius 2 is 1.52 bits per heavy atom. The highest BCUT2D eigenvalue weighted by atomic mass is 79.9. The molecule has 0 N–H and O–H groups in total. The number of amides is 2. The van der Waals surface area contributed by atoms with Crippen molar-refractivity contribution >= 4 is 39.8 Å². The van der Waals surface area contributed by atoms with E-state index in [0.29, 0.717) is 22.3 Å². The summed E-state index contributed by atoms with van der Waals surface area (Å²) >= 11 is 3.43. The summed E-state index contributed by atoms with van der Waals surface area (Å²) in [6.07, 6.45) is 0.702. The van der Waals surface area contributed by atoms with E-state index in [-0.39, 0.29) is 29.4 Å². The van der Waals surface area contributed by atoms with Gasteiger partial charge in [0.05, 0.1) is 5.41 Å². The van der Waals surface area contributed by atoms with Crippen molar-refractivity contribution in [2.45, 2.75) is 71.4 Å². The summed E-state index contributed by atoms with van der Waals surface area (Å²) in [7, 11) is 0. The van der Waals surface area contributed by atoms with Crippen LogP contribution in [0.1, 0.15) is 63.8 Å². The number of ether oxygens (including phenoxy) is 3. The van der Waals surface area contributed by atoms with Gasteiger partial charge in [0.15, 0.2) is 5.76 Å². The first-order valence-electron chi connectivity index (χ1n) is 15.2. The van der Waals surface area contributed by atoms with Crippen molar-refractivity contribution in [1.29, 1.82) is 0 Å². The smallest absolute Gasteiger partial charge is 0.424 e. The van der Waals surface area contributed by atoms with Crippen LogP contribution in [0.25, 0.3) is 22.5 Å². The molecule has 0 atom stereocenters. The molecule has 0 spiro atoms. The van der Waals surface area contributed by atoms with Crippen LogP contribution in [0.3, 0.4) is 0 Å². The number of aryl methyl sites for hydroxylation is 1. The van der Waals surface area contributed by atoms with Gasteiger partial charge < -0.3 is 18.7 Å². The lowest BCUT2D eigenvalue weighted by Gasteiger charge is -2.25. The number of nitrogens with zero attached hydrogens (tertiary/aromatic N) is 2. The maximum Gasteiger partial charge on any atom is 0.424 e. The van der Waals surface area contributed by atoms with Crippen LogP contribution < -0.4 is 9.64 Å². The van der Waals surface area contributed by atoms with Gasteiger partial charge in [-0.25, -0.2) is 9.59 Å². The Bertz CT molecular complexity index is 1720. The normalized spacial score (nSPS) is 13.5. The lowest BCUT2D eigenvalue weighted by molar-refractivity contribution is -0.140. The van der Waals surface area contributed by atoms with Crippen molar-refractivity contribution in [3.05, 3.63) is 89.6 Å². The Morgan fingerprint density at radius 3 is 2.11 bits per heavy atom. The van der Waals surface area contributed by atoms with E-state index in [1.165, 1.54) is 0 Å². The minimum Gasteiger partial charge on any atom is -0.444 e. The standard InChI is InChI=1S/C36H37BrN2O7/c1-6-36(18-19-36)32(40)44-29-16-14-27(15-17-29)26-10-12-28(13-11-26)31-30(23(2)38-46-31)39(34(42)45-35(3,4)5)33(41)43-22-25-9-7-8-24(20-25)21-37/h7-17,20H,6,18-19,21-22H2,1-5H3. The summed E-state index contributed by atoms with van der Waals surface area (Å²) < 4.78 is 22.5.